The molecule has 1 amide bonds. The van der Waals surface area contributed by atoms with Crippen LogP contribution in [0, 0.1) is 0 Å². The van der Waals surface area contributed by atoms with Gasteiger partial charge in [-0.3, -0.25) is 4.79 Å². The summed E-state index contributed by atoms with van der Waals surface area (Å²) >= 11 is 0. The van der Waals surface area contributed by atoms with E-state index < -0.39 is 0 Å². The number of carbonyl (C=O) groups excluding carboxylic acids is 1. The summed E-state index contributed by atoms with van der Waals surface area (Å²) in [6, 6.07) is 17.1. The van der Waals surface area contributed by atoms with Crippen molar-refractivity contribution in [3.63, 3.8) is 0 Å². The molecule has 0 heterocycles. The molecule has 6 heteroatoms. The number of aliphatic imine (C=N–C) groups is 1. The first-order valence-corrected chi connectivity index (χ1v) is 9.91. The number of nitrogens with one attached hydrogen (secondary N) is 3. The predicted octanol–water partition coefficient (Wildman–Crippen LogP) is 3.13. The molecule has 0 aromatic heterocycles. The second-order valence-electron chi connectivity index (χ2n) is 6.30. The molecule has 2 aromatic carbocycles. The number of ether oxygens (including phenoxy) is 1. The third-order valence-corrected chi connectivity index (χ3v) is 4.05. The minimum Gasteiger partial charge on any atom is -0.489 e. The van der Waals surface area contributed by atoms with Crippen molar-refractivity contribution in [2.45, 2.75) is 19.9 Å². The summed E-state index contributed by atoms with van der Waals surface area (Å²) in [7, 11) is 0. The minimum atomic E-state index is -0.0534. The summed E-state index contributed by atoms with van der Waals surface area (Å²) in [5, 5.41) is 9.46. The molecule has 0 bridgehead atoms. The van der Waals surface area contributed by atoms with Gasteiger partial charge < -0.3 is 20.7 Å². The van der Waals surface area contributed by atoms with Gasteiger partial charge in [0.15, 0.2) is 5.96 Å². The van der Waals surface area contributed by atoms with E-state index in [1.165, 1.54) is 0 Å². The number of hydrogen-bond acceptors (Lipinski definition) is 3. The second kappa shape index (κ2) is 13.0. The van der Waals surface area contributed by atoms with Crippen LogP contribution < -0.4 is 20.7 Å². The number of rotatable bonds is 11. The number of hydrogen-bond donors (Lipinski definition) is 3. The van der Waals surface area contributed by atoms with Gasteiger partial charge in [0.25, 0.3) is 5.91 Å². The average Bonchev–Trinajstić information content (AvgIpc) is 2.76. The Morgan fingerprint density at radius 1 is 1.03 bits per heavy atom. The molecule has 0 fully saturated rings. The molecule has 6 nitrogen and oxygen atoms in total. The third kappa shape index (κ3) is 8.09. The minimum absolute atomic E-state index is 0.0534. The van der Waals surface area contributed by atoms with Gasteiger partial charge in [-0.15, -0.1) is 0 Å². The molecule has 154 valence electrons. The van der Waals surface area contributed by atoms with E-state index in [1.807, 2.05) is 49.4 Å². The maximum atomic E-state index is 12.0. The van der Waals surface area contributed by atoms with Gasteiger partial charge in [-0.05, 0) is 31.5 Å². The summed E-state index contributed by atoms with van der Waals surface area (Å²) in [5.74, 6) is 1.50. The maximum absolute atomic E-state index is 12.0. The molecule has 0 spiro atoms. The van der Waals surface area contributed by atoms with E-state index in [9.17, 15) is 4.79 Å². The number of guanidine groups is 1. The zero-order chi connectivity index (χ0) is 20.7. The quantitative estimate of drug-likeness (QED) is 0.237. The van der Waals surface area contributed by atoms with Crippen molar-refractivity contribution >= 4 is 11.9 Å². The highest BCUT2D eigenvalue weighted by Crippen LogP contribution is 2.18. The fourth-order valence-electron chi connectivity index (χ4n) is 2.62. The van der Waals surface area contributed by atoms with E-state index in [0.717, 1.165) is 30.2 Å². The van der Waals surface area contributed by atoms with Gasteiger partial charge >= 0.3 is 0 Å². The molecule has 2 aromatic rings. The molecule has 2 rings (SSSR count). The number of nitrogens with zero attached hydrogens (tertiary/aromatic N) is 1. The lowest BCUT2D eigenvalue weighted by molar-refractivity contribution is 0.0953. The Kier molecular flexibility index (Phi) is 9.86. The first kappa shape index (κ1) is 22.0. The largest absolute Gasteiger partial charge is 0.489 e. The second-order valence-corrected chi connectivity index (χ2v) is 6.30. The lowest BCUT2D eigenvalue weighted by atomic mass is 10.2. The lowest BCUT2D eigenvalue weighted by Gasteiger charge is -2.13. The van der Waals surface area contributed by atoms with E-state index in [1.54, 1.807) is 18.2 Å². The van der Waals surface area contributed by atoms with E-state index in [-0.39, 0.29) is 5.91 Å². The van der Waals surface area contributed by atoms with Crippen LogP contribution in [0.25, 0.3) is 0 Å². The molecule has 0 unspecified atom stereocenters. The highest BCUT2D eigenvalue weighted by Gasteiger charge is 2.04. The van der Waals surface area contributed by atoms with Crippen molar-refractivity contribution in [3.05, 3.63) is 78.4 Å². The number of amides is 1. The molecule has 0 aliphatic rings. The molecule has 29 heavy (non-hydrogen) atoms. The van der Waals surface area contributed by atoms with Crippen molar-refractivity contribution in [3.8, 4) is 5.75 Å². The Morgan fingerprint density at radius 2 is 1.76 bits per heavy atom. The van der Waals surface area contributed by atoms with Gasteiger partial charge in [-0.2, -0.15) is 0 Å². The number of carbonyl (C=O) groups is 1. The Morgan fingerprint density at radius 3 is 2.52 bits per heavy atom. The van der Waals surface area contributed by atoms with Gasteiger partial charge in [-0.1, -0.05) is 49.1 Å². The molecule has 0 aliphatic carbocycles. The van der Waals surface area contributed by atoms with E-state index >= 15 is 0 Å². The van der Waals surface area contributed by atoms with Crippen LogP contribution in [0.1, 0.15) is 29.3 Å². The van der Waals surface area contributed by atoms with Crippen LogP contribution in [0.15, 0.2) is 72.2 Å². The number of benzene rings is 2. The molecular weight excluding hydrogens is 364 g/mol. The third-order valence-electron chi connectivity index (χ3n) is 4.05. The molecular formula is C23H30N4O2. The van der Waals surface area contributed by atoms with Crippen LogP contribution in [-0.2, 0) is 6.54 Å². The first-order chi connectivity index (χ1) is 14.2. The van der Waals surface area contributed by atoms with Crippen molar-refractivity contribution in [2.75, 3.05) is 26.2 Å². The van der Waals surface area contributed by atoms with Crippen molar-refractivity contribution in [1.29, 1.82) is 0 Å². The Bertz CT molecular complexity index is 790. The summed E-state index contributed by atoms with van der Waals surface area (Å²) in [4.78, 5) is 16.7. The molecule has 0 aliphatic heterocycles. The Hall–Kier alpha value is -3.28. The van der Waals surface area contributed by atoms with Crippen molar-refractivity contribution < 1.29 is 9.53 Å². The van der Waals surface area contributed by atoms with Crippen molar-refractivity contribution in [2.24, 2.45) is 4.99 Å². The monoisotopic (exact) mass is 394 g/mol. The van der Waals surface area contributed by atoms with E-state index in [0.29, 0.717) is 31.8 Å². The van der Waals surface area contributed by atoms with Crippen LogP contribution in [0.2, 0.25) is 0 Å². The van der Waals surface area contributed by atoms with Crippen LogP contribution in [0.3, 0.4) is 0 Å². The topological polar surface area (TPSA) is 74.8 Å². The lowest BCUT2D eigenvalue weighted by Crippen LogP contribution is -2.38. The van der Waals surface area contributed by atoms with Crippen LogP contribution in [0.4, 0.5) is 0 Å². The normalized spacial score (nSPS) is 10.9. The van der Waals surface area contributed by atoms with Crippen LogP contribution >= 0.6 is 0 Å². The standard InChI is InChI=1S/C23H30N4O2/c1-3-17-29-21-14-9-8-13-20(21)18-27-23(24-4-2)26-16-10-15-25-22(28)19-11-6-5-7-12-19/h3,5-9,11-14H,1,4,10,15-18H2,2H3,(H,25,28)(H2,24,26,27). The smallest absolute Gasteiger partial charge is 0.251 e. The maximum Gasteiger partial charge on any atom is 0.251 e. The molecule has 0 saturated carbocycles. The SMILES string of the molecule is C=CCOc1ccccc1CN=C(NCC)NCCCNC(=O)c1ccccc1. The zero-order valence-corrected chi connectivity index (χ0v) is 17.0. The summed E-state index contributed by atoms with van der Waals surface area (Å²) in [6.45, 7) is 8.75. The molecule has 0 radical (unpaired) electrons. The zero-order valence-electron chi connectivity index (χ0n) is 17.0. The van der Waals surface area contributed by atoms with Gasteiger partial charge in [0.1, 0.15) is 12.4 Å². The summed E-state index contributed by atoms with van der Waals surface area (Å²) in [5.41, 5.74) is 1.69. The fraction of sp³-hybridized carbons (Fsp3) is 0.304. The van der Waals surface area contributed by atoms with Gasteiger partial charge in [-0.25, -0.2) is 4.99 Å². The van der Waals surface area contributed by atoms with Crippen LogP contribution in [0.5, 0.6) is 5.75 Å². The Labute approximate surface area is 173 Å². The average molecular weight is 395 g/mol. The predicted molar refractivity (Wildman–Crippen MR) is 118 cm³/mol. The van der Waals surface area contributed by atoms with Crippen molar-refractivity contribution in [1.82, 2.24) is 16.0 Å². The first-order valence-electron chi connectivity index (χ1n) is 9.91. The number of para-hydroxylation sites is 1. The van der Waals surface area contributed by atoms with Crippen LogP contribution in [-0.4, -0.2) is 38.1 Å². The van der Waals surface area contributed by atoms with E-state index in [2.05, 4.69) is 27.5 Å². The highest BCUT2D eigenvalue weighted by molar-refractivity contribution is 5.94. The molecule has 3 N–H and O–H groups in total. The fourth-order valence-corrected chi connectivity index (χ4v) is 2.62. The summed E-state index contributed by atoms with van der Waals surface area (Å²) < 4.78 is 5.68. The summed E-state index contributed by atoms with van der Waals surface area (Å²) in [6.07, 6.45) is 2.52. The van der Waals surface area contributed by atoms with Gasteiger partial charge in [0.05, 0.1) is 6.54 Å². The van der Waals surface area contributed by atoms with E-state index in [4.69, 9.17) is 4.74 Å². The highest BCUT2D eigenvalue weighted by atomic mass is 16.5. The van der Waals surface area contributed by atoms with Gasteiger partial charge in [0.2, 0.25) is 0 Å². The molecule has 0 atom stereocenters. The molecule has 0 saturated heterocycles. The Balaban J connectivity index is 1.79. The van der Waals surface area contributed by atoms with Gasteiger partial charge in [0, 0.05) is 30.8 Å².